The van der Waals surface area contributed by atoms with Crippen molar-refractivity contribution in [3.63, 3.8) is 0 Å². The Bertz CT molecular complexity index is 672. The number of hydrogen-bond acceptors (Lipinski definition) is 2. The second-order valence-corrected chi connectivity index (χ2v) is 4.75. The Labute approximate surface area is 122 Å². The summed E-state index contributed by atoms with van der Waals surface area (Å²) in [5.74, 6) is -0.0208. The fourth-order valence-electron chi connectivity index (χ4n) is 1.94. The molecule has 0 saturated heterocycles. The summed E-state index contributed by atoms with van der Waals surface area (Å²) < 4.78 is 0. The first-order valence-electron chi connectivity index (χ1n) is 6.07. The van der Waals surface area contributed by atoms with Crippen LogP contribution in [0.2, 0.25) is 5.02 Å². The van der Waals surface area contributed by atoms with Crippen LogP contribution in [0.5, 0.6) is 5.75 Å². The molecule has 0 aliphatic carbocycles. The maximum absolute atomic E-state index is 12.5. The number of halogens is 1. The average Bonchev–Trinajstić information content (AvgIpc) is 2.45. The molecule has 4 heteroatoms. The van der Waals surface area contributed by atoms with Crippen LogP contribution in [0.1, 0.15) is 21.5 Å². The summed E-state index contributed by atoms with van der Waals surface area (Å²) in [6.07, 6.45) is 0.489. The first-order valence-corrected chi connectivity index (χ1v) is 6.45. The Hall–Kier alpha value is -2.31. The van der Waals surface area contributed by atoms with Gasteiger partial charge < -0.3 is 9.95 Å². The lowest BCUT2D eigenvalue weighted by atomic mass is 9.96. The van der Waals surface area contributed by atoms with Crippen LogP contribution in [-0.2, 0) is 6.42 Å². The number of nitrogens with zero attached hydrogens (tertiary/aromatic N) is 1. The minimum absolute atomic E-state index is 0.117. The molecule has 0 atom stereocenters. The molecule has 0 saturated carbocycles. The highest BCUT2D eigenvalue weighted by Gasteiger charge is 2.14. The van der Waals surface area contributed by atoms with Gasteiger partial charge in [-0.3, -0.25) is 4.79 Å². The Morgan fingerprint density at radius 3 is 2.55 bits per heavy atom. The van der Waals surface area contributed by atoms with Crippen LogP contribution in [0.3, 0.4) is 0 Å². The van der Waals surface area contributed by atoms with E-state index in [1.807, 2.05) is 0 Å². The van der Waals surface area contributed by atoms with Crippen molar-refractivity contribution in [3.8, 4) is 5.75 Å². The fourth-order valence-corrected chi connectivity index (χ4v) is 2.13. The number of hydrogen-bond donors (Lipinski definition) is 1. The lowest BCUT2D eigenvalue weighted by molar-refractivity contribution is 0.103. The Kier molecular flexibility index (Phi) is 4.39. The SMILES string of the molecule is [C-]#[N+]CCc1cc(Cl)ccc1C(=O)c1ccc(O)cc1. The maximum Gasteiger partial charge on any atom is 0.218 e. The molecule has 0 amide bonds. The van der Waals surface area contributed by atoms with Crippen LogP contribution in [-0.4, -0.2) is 17.4 Å². The van der Waals surface area contributed by atoms with Gasteiger partial charge in [-0.1, -0.05) is 11.6 Å². The van der Waals surface area contributed by atoms with Crippen molar-refractivity contribution < 1.29 is 9.90 Å². The van der Waals surface area contributed by atoms with E-state index in [1.54, 1.807) is 30.3 Å². The zero-order chi connectivity index (χ0) is 14.5. The number of carbonyl (C=O) groups is 1. The van der Waals surface area contributed by atoms with Gasteiger partial charge in [-0.05, 0) is 48.0 Å². The highest BCUT2D eigenvalue weighted by molar-refractivity contribution is 6.30. The highest BCUT2D eigenvalue weighted by atomic mass is 35.5. The predicted molar refractivity (Wildman–Crippen MR) is 78.2 cm³/mol. The van der Waals surface area contributed by atoms with Crippen molar-refractivity contribution in [2.75, 3.05) is 6.54 Å². The standard InChI is InChI=1S/C16H12ClNO2/c1-18-9-8-12-10-13(17)4-7-15(12)16(20)11-2-5-14(19)6-3-11/h2-7,10,19H,8-9H2. The number of benzene rings is 2. The number of carbonyl (C=O) groups excluding carboxylic acids is 1. The lowest BCUT2D eigenvalue weighted by Gasteiger charge is -2.07. The number of phenols is 1. The van der Waals surface area contributed by atoms with E-state index in [9.17, 15) is 9.90 Å². The molecule has 0 unspecified atom stereocenters. The molecule has 20 heavy (non-hydrogen) atoms. The summed E-state index contributed by atoms with van der Waals surface area (Å²) in [4.78, 5) is 15.8. The van der Waals surface area contributed by atoms with Crippen LogP contribution in [0, 0.1) is 6.57 Å². The Balaban J connectivity index is 2.38. The number of phenolic OH excluding ortho intramolecular Hbond substituents is 1. The number of aromatic hydroxyl groups is 1. The van der Waals surface area contributed by atoms with Gasteiger partial charge in [-0.25, -0.2) is 6.57 Å². The molecular formula is C16H12ClNO2. The van der Waals surface area contributed by atoms with Crippen LogP contribution >= 0.6 is 11.6 Å². The van der Waals surface area contributed by atoms with Crippen molar-refractivity contribution in [2.45, 2.75) is 6.42 Å². The molecule has 0 radical (unpaired) electrons. The maximum atomic E-state index is 12.5. The summed E-state index contributed by atoms with van der Waals surface area (Å²) in [6.45, 7) is 7.17. The third kappa shape index (κ3) is 3.17. The minimum atomic E-state index is -0.137. The summed E-state index contributed by atoms with van der Waals surface area (Å²) in [7, 11) is 0. The summed E-state index contributed by atoms with van der Waals surface area (Å²) in [6, 6.07) is 11.2. The average molecular weight is 286 g/mol. The Morgan fingerprint density at radius 2 is 1.90 bits per heavy atom. The normalized spacial score (nSPS) is 10.0. The fraction of sp³-hybridized carbons (Fsp3) is 0.125. The molecule has 0 fully saturated rings. The van der Waals surface area contributed by atoms with Gasteiger partial charge >= 0.3 is 0 Å². The molecule has 1 N–H and O–H groups in total. The van der Waals surface area contributed by atoms with Crippen molar-refractivity contribution in [1.29, 1.82) is 0 Å². The molecular weight excluding hydrogens is 274 g/mol. The van der Waals surface area contributed by atoms with E-state index in [-0.39, 0.29) is 11.5 Å². The third-order valence-electron chi connectivity index (χ3n) is 2.93. The van der Waals surface area contributed by atoms with Gasteiger partial charge in [-0.15, -0.1) is 0 Å². The summed E-state index contributed by atoms with van der Waals surface area (Å²) in [5, 5.41) is 9.80. The number of rotatable bonds is 4. The van der Waals surface area contributed by atoms with Crippen molar-refractivity contribution in [1.82, 2.24) is 0 Å². The monoisotopic (exact) mass is 285 g/mol. The molecule has 2 aromatic rings. The minimum Gasteiger partial charge on any atom is -0.508 e. The van der Waals surface area contributed by atoms with E-state index >= 15 is 0 Å². The van der Waals surface area contributed by atoms with Crippen LogP contribution in [0.15, 0.2) is 42.5 Å². The van der Waals surface area contributed by atoms with Crippen LogP contribution < -0.4 is 0 Å². The second-order valence-electron chi connectivity index (χ2n) is 4.31. The predicted octanol–water partition coefficient (Wildman–Crippen LogP) is 3.74. The second kappa shape index (κ2) is 6.23. The van der Waals surface area contributed by atoms with Gasteiger partial charge in [0, 0.05) is 22.6 Å². The highest BCUT2D eigenvalue weighted by Crippen LogP contribution is 2.21. The van der Waals surface area contributed by atoms with Gasteiger partial charge in [0.1, 0.15) is 5.75 Å². The van der Waals surface area contributed by atoms with E-state index in [2.05, 4.69) is 4.85 Å². The lowest BCUT2D eigenvalue weighted by Crippen LogP contribution is -2.06. The molecule has 0 aromatic heterocycles. The van der Waals surface area contributed by atoms with E-state index in [0.717, 1.165) is 5.56 Å². The molecule has 100 valence electrons. The molecule has 0 aliphatic rings. The van der Waals surface area contributed by atoms with E-state index < -0.39 is 0 Å². The first-order chi connectivity index (χ1) is 9.61. The Morgan fingerprint density at radius 1 is 1.20 bits per heavy atom. The molecule has 0 heterocycles. The van der Waals surface area contributed by atoms with Gasteiger partial charge in [0.15, 0.2) is 5.78 Å². The van der Waals surface area contributed by atoms with Crippen molar-refractivity contribution in [3.05, 3.63) is 75.6 Å². The molecule has 2 aromatic carbocycles. The van der Waals surface area contributed by atoms with Crippen molar-refractivity contribution >= 4 is 17.4 Å². The van der Waals surface area contributed by atoms with Crippen molar-refractivity contribution in [2.24, 2.45) is 0 Å². The van der Waals surface area contributed by atoms with E-state index in [1.165, 1.54) is 12.1 Å². The zero-order valence-corrected chi connectivity index (χ0v) is 11.4. The van der Waals surface area contributed by atoms with Gasteiger partial charge in [0.05, 0.1) is 0 Å². The van der Waals surface area contributed by atoms with E-state index in [0.29, 0.717) is 29.1 Å². The molecule has 0 bridgehead atoms. The molecule has 0 spiro atoms. The van der Waals surface area contributed by atoms with Crippen LogP contribution in [0.4, 0.5) is 0 Å². The quantitative estimate of drug-likeness (QED) is 0.687. The molecule has 2 rings (SSSR count). The third-order valence-corrected chi connectivity index (χ3v) is 3.17. The zero-order valence-electron chi connectivity index (χ0n) is 10.6. The summed E-state index contributed by atoms with van der Waals surface area (Å²) in [5.41, 5.74) is 1.81. The van der Waals surface area contributed by atoms with Gasteiger partial charge in [-0.2, -0.15) is 0 Å². The molecule has 3 nitrogen and oxygen atoms in total. The van der Waals surface area contributed by atoms with Gasteiger partial charge in [0.2, 0.25) is 6.54 Å². The van der Waals surface area contributed by atoms with Crippen LogP contribution in [0.25, 0.3) is 4.85 Å². The van der Waals surface area contributed by atoms with Gasteiger partial charge in [0.25, 0.3) is 0 Å². The molecule has 0 aliphatic heterocycles. The van der Waals surface area contributed by atoms with E-state index in [4.69, 9.17) is 18.2 Å². The largest absolute Gasteiger partial charge is 0.508 e. The topological polar surface area (TPSA) is 41.7 Å². The summed E-state index contributed by atoms with van der Waals surface area (Å²) >= 11 is 5.95. The first kappa shape index (κ1) is 14.1. The smallest absolute Gasteiger partial charge is 0.218 e. The number of ketones is 1.